The predicted molar refractivity (Wildman–Crippen MR) is 55.9 cm³/mol. The Labute approximate surface area is 81.7 Å². The van der Waals surface area contributed by atoms with E-state index in [0.29, 0.717) is 0 Å². The summed E-state index contributed by atoms with van der Waals surface area (Å²) < 4.78 is 0. The highest BCUT2D eigenvalue weighted by atomic mass is 15.2. The molecule has 1 heterocycles. The van der Waals surface area contributed by atoms with Gasteiger partial charge in [0, 0.05) is 18.6 Å². The summed E-state index contributed by atoms with van der Waals surface area (Å²) >= 11 is 0. The van der Waals surface area contributed by atoms with Crippen LogP contribution in [0.2, 0.25) is 0 Å². The van der Waals surface area contributed by atoms with Crippen molar-refractivity contribution in [3.63, 3.8) is 0 Å². The lowest BCUT2D eigenvalue weighted by molar-refractivity contribution is 0.328. The van der Waals surface area contributed by atoms with Crippen molar-refractivity contribution < 1.29 is 0 Å². The lowest BCUT2D eigenvalue weighted by atomic mass is 9.95. The molecule has 2 aliphatic rings. The third-order valence-electron chi connectivity index (χ3n) is 3.47. The Morgan fingerprint density at radius 3 is 2.38 bits per heavy atom. The summed E-state index contributed by atoms with van der Waals surface area (Å²) in [4.78, 5) is 2.43. The van der Waals surface area contributed by atoms with E-state index in [1.807, 2.05) is 0 Å². The van der Waals surface area contributed by atoms with Gasteiger partial charge in [0.1, 0.15) is 0 Å². The van der Waals surface area contributed by atoms with Crippen LogP contribution in [0, 0.1) is 0 Å². The standard InChI is InChI=1S/C11H22N2/c1-13-8-7-11(9-13)12-10-5-3-2-4-6-10/h10-12H,2-9H2,1H3/t11-/m0/s1. The number of rotatable bonds is 2. The Bertz CT molecular complexity index is 149. The molecule has 1 saturated carbocycles. The van der Waals surface area contributed by atoms with Gasteiger partial charge in [-0.05, 0) is 32.9 Å². The van der Waals surface area contributed by atoms with Gasteiger partial charge in [0.2, 0.25) is 0 Å². The fourth-order valence-corrected chi connectivity index (χ4v) is 2.67. The molecule has 1 aliphatic heterocycles. The number of likely N-dealkylation sites (tertiary alicyclic amines) is 1. The maximum atomic E-state index is 3.81. The van der Waals surface area contributed by atoms with Crippen molar-refractivity contribution in [2.45, 2.75) is 50.6 Å². The molecule has 0 aromatic carbocycles. The molecule has 0 radical (unpaired) electrons. The molecule has 1 N–H and O–H groups in total. The molecule has 0 amide bonds. The monoisotopic (exact) mass is 182 g/mol. The van der Waals surface area contributed by atoms with E-state index in [4.69, 9.17) is 0 Å². The molecule has 2 nitrogen and oxygen atoms in total. The van der Waals surface area contributed by atoms with E-state index in [1.165, 1.54) is 51.6 Å². The molecule has 0 aromatic rings. The van der Waals surface area contributed by atoms with Gasteiger partial charge in [-0.2, -0.15) is 0 Å². The molecule has 13 heavy (non-hydrogen) atoms. The quantitative estimate of drug-likeness (QED) is 0.698. The summed E-state index contributed by atoms with van der Waals surface area (Å²) in [6.07, 6.45) is 8.54. The van der Waals surface area contributed by atoms with E-state index in [1.54, 1.807) is 0 Å². The Morgan fingerprint density at radius 1 is 1.00 bits per heavy atom. The van der Waals surface area contributed by atoms with Crippen LogP contribution in [0.15, 0.2) is 0 Å². The van der Waals surface area contributed by atoms with Crippen molar-refractivity contribution in [1.29, 1.82) is 0 Å². The zero-order chi connectivity index (χ0) is 9.10. The van der Waals surface area contributed by atoms with Gasteiger partial charge in [0.15, 0.2) is 0 Å². The highest BCUT2D eigenvalue weighted by Gasteiger charge is 2.22. The molecule has 0 spiro atoms. The average Bonchev–Trinajstić information content (AvgIpc) is 2.53. The van der Waals surface area contributed by atoms with Gasteiger partial charge in [0.25, 0.3) is 0 Å². The van der Waals surface area contributed by atoms with E-state index in [0.717, 1.165) is 12.1 Å². The van der Waals surface area contributed by atoms with Gasteiger partial charge in [0.05, 0.1) is 0 Å². The Hall–Kier alpha value is -0.0800. The smallest absolute Gasteiger partial charge is 0.0209 e. The van der Waals surface area contributed by atoms with Crippen LogP contribution >= 0.6 is 0 Å². The second-order valence-electron chi connectivity index (χ2n) is 4.75. The van der Waals surface area contributed by atoms with Crippen molar-refractivity contribution in [2.75, 3.05) is 20.1 Å². The van der Waals surface area contributed by atoms with Crippen LogP contribution in [-0.4, -0.2) is 37.1 Å². The zero-order valence-electron chi connectivity index (χ0n) is 8.76. The minimum atomic E-state index is 0.785. The number of hydrogen-bond acceptors (Lipinski definition) is 2. The maximum absolute atomic E-state index is 3.81. The van der Waals surface area contributed by atoms with E-state index in [9.17, 15) is 0 Å². The molecule has 2 heteroatoms. The van der Waals surface area contributed by atoms with E-state index >= 15 is 0 Å². The van der Waals surface area contributed by atoms with Crippen molar-refractivity contribution in [3.8, 4) is 0 Å². The Morgan fingerprint density at radius 2 is 1.77 bits per heavy atom. The van der Waals surface area contributed by atoms with Gasteiger partial charge < -0.3 is 10.2 Å². The van der Waals surface area contributed by atoms with Crippen LogP contribution < -0.4 is 5.32 Å². The first-order valence-electron chi connectivity index (χ1n) is 5.79. The van der Waals surface area contributed by atoms with Crippen molar-refractivity contribution in [3.05, 3.63) is 0 Å². The first kappa shape index (κ1) is 9.47. The second-order valence-corrected chi connectivity index (χ2v) is 4.75. The topological polar surface area (TPSA) is 15.3 Å². The van der Waals surface area contributed by atoms with Crippen molar-refractivity contribution in [2.24, 2.45) is 0 Å². The maximum Gasteiger partial charge on any atom is 0.0209 e. The normalized spacial score (nSPS) is 32.5. The fourth-order valence-electron chi connectivity index (χ4n) is 2.67. The first-order valence-corrected chi connectivity index (χ1v) is 5.79. The lowest BCUT2D eigenvalue weighted by Crippen LogP contribution is -2.40. The lowest BCUT2D eigenvalue weighted by Gasteiger charge is -2.26. The number of nitrogens with zero attached hydrogens (tertiary/aromatic N) is 1. The summed E-state index contributed by atoms with van der Waals surface area (Å²) in [6.45, 7) is 2.54. The largest absolute Gasteiger partial charge is 0.310 e. The molecule has 1 saturated heterocycles. The van der Waals surface area contributed by atoms with E-state index in [2.05, 4.69) is 17.3 Å². The summed E-state index contributed by atoms with van der Waals surface area (Å²) in [7, 11) is 2.22. The van der Waals surface area contributed by atoms with Gasteiger partial charge in [-0.25, -0.2) is 0 Å². The van der Waals surface area contributed by atoms with Gasteiger partial charge in [-0.15, -0.1) is 0 Å². The summed E-state index contributed by atoms with van der Waals surface area (Å²) in [6, 6.07) is 1.62. The zero-order valence-corrected chi connectivity index (χ0v) is 8.76. The number of hydrogen-bond donors (Lipinski definition) is 1. The van der Waals surface area contributed by atoms with Crippen molar-refractivity contribution >= 4 is 0 Å². The third-order valence-corrected chi connectivity index (χ3v) is 3.47. The van der Waals surface area contributed by atoms with Gasteiger partial charge in [-0.1, -0.05) is 19.3 Å². The number of likely N-dealkylation sites (N-methyl/N-ethyl adjacent to an activating group) is 1. The molecule has 0 unspecified atom stereocenters. The minimum absolute atomic E-state index is 0.785. The molecule has 2 fully saturated rings. The Balaban J connectivity index is 1.71. The first-order chi connectivity index (χ1) is 6.34. The molecule has 2 rings (SSSR count). The van der Waals surface area contributed by atoms with Crippen LogP contribution in [0.5, 0.6) is 0 Å². The number of nitrogens with one attached hydrogen (secondary N) is 1. The van der Waals surface area contributed by atoms with Crippen LogP contribution in [0.25, 0.3) is 0 Å². The van der Waals surface area contributed by atoms with Gasteiger partial charge >= 0.3 is 0 Å². The van der Waals surface area contributed by atoms with Crippen LogP contribution in [-0.2, 0) is 0 Å². The summed E-state index contributed by atoms with van der Waals surface area (Å²) in [5, 5.41) is 3.81. The highest BCUT2D eigenvalue weighted by Crippen LogP contribution is 2.19. The predicted octanol–water partition coefficient (Wildman–Crippen LogP) is 1.61. The van der Waals surface area contributed by atoms with Crippen LogP contribution in [0.3, 0.4) is 0 Å². The SMILES string of the molecule is CN1CC[C@H](NC2CCCCC2)C1. The molecule has 0 bridgehead atoms. The van der Waals surface area contributed by atoms with E-state index < -0.39 is 0 Å². The molecular formula is C11H22N2. The van der Waals surface area contributed by atoms with E-state index in [-0.39, 0.29) is 0 Å². The summed E-state index contributed by atoms with van der Waals surface area (Å²) in [5.74, 6) is 0. The van der Waals surface area contributed by atoms with Crippen molar-refractivity contribution in [1.82, 2.24) is 10.2 Å². The summed E-state index contributed by atoms with van der Waals surface area (Å²) in [5.41, 5.74) is 0. The molecular weight excluding hydrogens is 160 g/mol. The highest BCUT2D eigenvalue weighted by molar-refractivity contribution is 4.83. The van der Waals surface area contributed by atoms with Crippen LogP contribution in [0.1, 0.15) is 38.5 Å². The molecule has 76 valence electrons. The minimum Gasteiger partial charge on any atom is -0.310 e. The molecule has 1 aliphatic carbocycles. The third kappa shape index (κ3) is 2.68. The molecule has 1 atom stereocenters. The fraction of sp³-hybridized carbons (Fsp3) is 1.00. The second kappa shape index (κ2) is 4.43. The van der Waals surface area contributed by atoms with Crippen LogP contribution in [0.4, 0.5) is 0 Å². The Kier molecular flexibility index (Phi) is 3.23. The molecule has 0 aromatic heterocycles. The van der Waals surface area contributed by atoms with Gasteiger partial charge in [-0.3, -0.25) is 0 Å². The average molecular weight is 182 g/mol.